The number of nitrogens with zero attached hydrogens (tertiary/aromatic N) is 2. The molecule has 0 radical (unpaired) electrons. The number of rotatable bonds is 4. The molecule has 28 heavy (non-hydrogen) atoms. The van der Waals surface area contributed by atoms with E-state index in [1.165, 1.54) is 11.1 Å². The molecule has 0 spiro atoms. The molecule has 2 aliphatic heterocycles. The van der Waals surface area contributed by atoms with Gasteiger partial charge < -0.3 is 9.64 Å². The molecule has 2 aromatic rings. The lowest BCUT2D eigenvalue weighted by Crippen LogP contribution is -2.55. The van der Waals surface area contributed by atoms with Crippen LogP contribution in [-0.4, -0.2) is 49.0 Å². The Morgan fingerprint density at radius 3 is 2.68 bits per heavy atom. The number of hydrogen-bond donors (Lipinski definition) is 0. The Bertz CT molecular complexity index is 861. The summed E-state index contributed by atoms with van der Waals surface area (Å²) in [6, 6.07) is 17.0. The van der Waals surface area contributed by atoms with Crippen molar-refractivity contribution in [2.24, 2.45) is 0 Å². The van der Waals surface area contributed by atoms with Crippen LogP contribution in [0.1, 0.15) is 43.0 Å². The Balaban J connectivity index is 1.46. The summed E-state index contributed by atoms with van der Waals surface area (Å²) >= 11 is 0. The van der Waals surface area contributed by atoms with Gasteiger partial charge in [-0.2, -0.15) is 0 Å². The number of carbonyl (C=O) groups excluding carboxylic acids is 1. The summed E-state index contributed by atoms with van der Waals surface area (Å²) in [5, 5.41) is 0. The fraction of sp³-hybridized carbons (Fsp3) is 0.458. The van der Waals surface area contributed by atoms with Crippen molar-refractivity contribution in [3.8, 4) is 5.75 Å². The van der Waals surface area contributed by atoms with E-state index < -0.39 is 0 Å². The summed E-state index contributed by atoms with van der Waals surface area (Å²) < 4.78 is 5.42. The van der Waals surface area contributed by atoms with Gasteiger partial charge in [-0.25, -0.2) is 0 Å². The highest BCUT2D eigenvalue weighted by atomic mass is 16.5. The number of methoxy groups -OCH3 is 1. The first kappa shape index (κ1) is 19.0. The molecular weight excluding hydrogens is 348 g/mol. The second-order valence-electron chi connectivity index (χ2n) is 8.61. The van der Waals surface area contributed by atoms with Gasteiger partial charge in [-0.3, -0.25) is 9.69 Å². The zero-order chi connectivity index (χ0) is 19.7. The highest BCUT2D eigenvalue weighted by molar-refractivity contribution is 5.76. The SMILES string of the molecule is COc1ccccc1CCC(=O)N1CCN2CC(C)(C)c3ccccc3C2C1. The third-order valence-corrected chi connectivity index (χ3v) is 6.29. The van der Waals surface area contributed by atoms with Crippen molar-refractivity contribution in [3.63, 3.8) is 0 Å². The molecule has 0 N–H and O–H groups in total. The van der Waals surface area contributed by atoms with Crippen LogP contribution in [0.3, 0.4) is 0 Å². The van der Waals surface area contributed by atoms with Gasteiger partial charge in [-0.15, -0.1) is 0 Å². The van der Waals surface area contributed by atoms with Crippen LogP contribution < -0.4 is 4.74 Å². The first-order chi connectivity index (χ1) is 13.5. The van der Waals surface area contributed by atoms with Crippen LogP contribution in [0.4, 0.5) is 0 Å². The highest BCUT2D eigenvalue weighted by Crippen LogP contribution is 2.41. The Labute approximate surface area is 168 Å². The van der Waals surface area contributed by atoms with E-state index in [4.69, 9.17) is 4.74 Å². The summed E-state index contributed by atoms with van der Waals surface area (Å²) in [6.07, 6.45) is 1.25. The minimum atomic E-state index is 0.156. The smallest absolute Gasteiger partial charge is 0.223 e. The average molecular weight is 379 g/mol. The maximum Gasteiger partial charge on any atom is 0.223 e. The Kier molecular flexibility index (Phi) is 5.15. The largest absolute Gasteiger partial charge is 0.496 e. The molecule has 4 rings (SSSR count). The molecule has 0 aromatic heterocycles. The molecule has 2 aliphatic rings. The molecule has 0 saturated carbocycles. The molecule has 2 heterocycles. The van der Waals surface area contributed by atoms with Crippen molar-refractivity contribution in [2.45, 2.75) is 38.1 Å². The van der Waals surface area contributed by atoms with Crippen molar-refractivity contribution in [3.05, 3.63) is 65.2 Å². The van der Waals surface area contributed by atoms with E-state index >= 15 is 0 Å². The number of aryl methyl sites for hydroxylation is 1. The summed E-state index contributed by atoms with van der Waals surface area (Å²) in [7, 11) is 1.68. The van der Waals surface area contributed by atoms with E-state index in [-0.39, 0.29) is 11.3 Å². The number of fused-ring (bicyclic) bond motifs is 3. The minimum absolute atomic E-state index is 0.156. The van der Waals surface area contributed by atoms with E-state index in [1.54, 1.807) is 7.11 Å². The number of hydrogen-bond acceptors (Lipinski definition) is 3. The molecule has 2 aromatic carbocycles. The molecule has 1 atom stereocenters. The summed E-state index contributed by atoms with van der Waals surface area (Å²) in [4.78, 5) is 17.6. The number of piperazine rings is 1. The fourth-order valence-corrected chi connectivity index (χ4v) is 4.84. The standard InChI is InChI=1S/C24H30N2O2/c1-24(2)17-26-15-14-25(16-21(26)19-9-5-6-10-20(19)24)23(27)13-12-18-8-4-7-11-22(18)28-3/h4-11,21H,12-17H2,1-3H3. The van der Waals surface area contributed by atoms with Crippen LogP contribution in [0.5, 0.6) is 5.75 Å². The van der Waals surface area contributed by atoms with Gasteiger partial charge in [0.05, 0.1) is 13.2 Å². The van der Waals surface area contributed by atoms with Crippen LogP contribution in [0.25, 0.3) is 0 Å². The lowest BCUT2D eigenvalue weighted by Gasteiger charge is -2.50. The van der Waals surface area contributed by atoms with E-state index in [0.717, 1.165) is 43.9 Å². The molecular formula is C24H30N2O2. The van der Waals surface area contributed by atoms with E-state index in [0.29, 0.717) is 12.5 Å². The van der Waals surface area contributed by atoms with Crippen molar-refractivity contribution < 1.29 is 9.53 Å². The van der Waals surface area contributed by atoms with E-state index in [9.17, 15) is 4.79 Å². The molecule has 1 fully saturated rings. The first-order valence-corrected chi connectivity index (χ1v) is 10.2. The molecule has 0 bridgehead atoms. The monoisotopic (exact) mass is 378 g/mol. The van der Waals surface area contributed by atoms with Crippen molar-refractivity contribution in [1.82, 2.24) is 9.80 Å². The third-order valence-electron chi connectivity index (χ3n) is 6.29. The molecule has 1 saturated heterocycles. The van der Waals surface area contributed by atoms with Crippen LogP contribution in [-0.2, 0) is 16.6 Å². The first-order valence-electron chi connectivity index (χ1n) is 10.2. The lowest BCUT2D eigenvalue weighted by molar-refractivity contribution is -0.134. The fourth-order valence-electron chi connectivity index (χ4n) is 4.84. The molecule has 1 unspecified atom stereocenters. The van der Waals surface area contributed by atoms with Gasteiger partial charge in [0, 0.05) is 38.0 Å². The summed E-state index contributed by atoms with van der Waals surface area (Å²) in [5.41, 5.74) is 4.07. The second-order valence-corrected chi connectivity index (χ2v) is 8.61. The Hall–Kier alpha value is -2.33. The number of para-hydroxylation sites is 1. The maximum atomic E-state index is 13.0. The third kappa shape index (κ3) is 3.53. The van der Waals surface area contributed by atoms with Crippen molar-refractivity contribution in [2.75, 3.05) is 33.3 Å². The molecule has 148 valence electrons. The molecule has 0 aliphatic carbocycles. The van der Waals surface area contributed by atoms with Gasteiger partial charge in [-0.1, -0.05) is 56.3 Å². The van der Waals surface area contributed by atoms with Gasteiger partial charge in [0.2, 0.25) is 5.91 Å². The van der Waals surface area contributed by atoms with E-state index in [2.05, 4.69) is 47.9 Å². The van der Waals surface area contributed by atoms with Crippen molar-refractivity contribution >= 4 is 5.91 Å². The zero-order valence-corrected chi connectivity index (χ0v) is 17.1. The normalized spacial score (nSPS) is 21.0. The quantitative estimate of drug-likeness (QED) is 0.811. The summed E-state index contributed by atoms with van der Waals surface area (Å²) in [5.74, 6) is 1.11. The van der Waals surface area contributed by atoms with E-state index in [1.807, 2.05) is 24.3 Å². The van der Waals surface area contributed by atoms with Crippen LogP contribution in [0.15, 0.2) is 48.5 Å². The highest BCUT2D eigenvalue weighted by Gasteiger charge is 2.40. The van der Waals surface area contributed by atoms with Crippen LogP contribution in [0, 0.1) is 0 Å². The Morgan fingerprint density at radius 2 is 1.86 bits per heavy atom. The Morgan fingerprint density at radius 1 is 1.11 bits per heavy atom. The van der Waals surface area contributed by atoms with Crippen molar-refractivity contribution in [1.29, 1.82) is 0 Å². The predicted molar refractivity (Wildman–Crippen MR) is 112 cm³/mol. The average Bonchev–Trinajstić information content (AvgIpc) is 2.72. The molecule has 1 amide bonds. The number of benzene rings is 2. The predicted octanol–water partition coefficient (Wildman–Crippen LogP) is 3.80. The van der Waals surface area contributed by atoms with Gasteiger partial charge >= 0.3 is 0 Å². The topological polar surface area (TPSA) is 32.8 Å². The summed E-state index contributed by atoms with van der Waals surface area (Å²) in [6.45, 7) is 8.26. The lowest BCUT2D eigenvalue weighted by atomic mass is 9.75. The second kappa shape index (κ2) is 7.59. The maximum absolute atomic E-state index is 13.0. The van der Waals surface area contributed by atoms with Crippen LogP contribution >= 0.6 is 0 Å². The number of carbonyl (C=O) groups is 1. The molecule has 4 nitrogen and oxygen atoms in total. The van der Waals surface area contributed by atoms with Crippen LogP contribution in [0.2, 0.25) is 0 Å². The van der Waals surface area contributed by atoms with Gasteiger partial charge in [0.15, 0.2) is 0 Å². The number of amides is 1. The molecule has 4 heteroatoms. The van der Waals surface area contributed by atoms with Gasteiger partial charge in [0.1, 0.15) is 5.75 Å². The van der Waals surface area contributed by atoms with Gasteiger partial charge in [-0.05, 0) is 29.2 Å². The minimum Gasteiger partial charge on any atom is -0.496 e. The zero-order valence-electron chi connectivity index (χ0n) is 17.1. The number of ether oxygens (including phenoxy) is 1. The van der Waals surface area contributed by atoms with Gasteiger partial charge in [0.25, 0.3) is 0 Å².